The lowest BCUT2D eigenvalue weighted by Crippen LogP contribution is -2.31. The molecule has 0 radical (unpaired) electrons. The molecule has 0 aromatic heterocycles. The van der Waals surface area contributed by atoms with Crippen molar-refractivity contribution in [2.24, 2.45) is 0 Å². The van der Waals surface area contributed by atoms with E-state index in [1.54, 1.807) is 7.11 Å². The van der Waals surface area contributed by atoms with Crippen molar-refractivity contribution in [2.45, 2.75) is 48.5 Å². The molecule has 7 nitrogen and oxygen atoms in total. The van der Waals surface area contributed by atoms with Crippen molar-refractivity contribution in [2.75, 3.05) is 12.4 Å². The van der Waals surface area contributed by atoms with Crippen LogP contribution in [0.2, 0.25) is 0 Å². The number of halogens is 2. The van der Waals surface area contributed by atoms with Crippen LogP contribution in [0.4, 0.5) is 20.2 Å². The molecule has 0 saturated heterocycles. The topological polar surface area (TPSA) is 98.5 Å². The van der Waals surface area contributed by atoms with Gasteiger partial charge in [-0.25, -0.2) is 8.42 Å². The number of nitro groups is 1. The molecule has 2 unspecified atom stereocenters. The van der Waals surface area contributed by atoms with Gasteiger partial charge in [0.05, 0.1) is 15.9 Å². The van der Waals surface area contributed by atoms with Gasteiger partial charge in [0.25, 0.3) is 5.69 Å². The molecule has 10 heteroatoms. The molecule has 0 spiro atoms. The Morgan fingerprint density at radius 1 is 1.38 bits per heavy atom. The summed E-state index contributed by atoms with van der Waals surface area (Å²) in [6.07, 6.45) is 3.29. The quantitative estimate of drug-likeness (QED) is 0.615. The van der Waals surface area contributed by atoms with Crippen LogP contribution in [0.5, 0.6) is 0 Å². The van der Waals surface area contributed by atoms with E-state index in [9.17, 15) is 27.3 Å². The summed E-state index contributed by atoms with van der Waals surface area (Å²) in [5, 5.41) is 14.2. The van der Waals surface area contributed by atoms with Gasteiger partial charge in [-0.15, -0.1) is 0 Å². The summed E-state index contributed by atoms with van der Waals surface area (Å²) >= 11 is 0. The zero-order valence-corrected chi connectivity index (χ0v) is 13.8. The van der Waals surface area contributed by atoms with Gasteiger partial charge in [-0.3, -0.25) is 10.1 Å². The Morgan fingerprint density at radius 2 is 2.08 bits per heavy atom. The molecule has 2 atom stereocenters. The first kappa shape index (κ1) is 18.5. The number of ether oxygens (including phenoxy) is 1. The Labute approximate surface area is 138 Å². The summed E-state index contributed by atoms with van der Waals surface area (Å²) in [5.74, 6) is -3.63. The minimum Gasteiger partial charge on any atom is -0.381 e. The van der Waals surface area contributed by atoms with Crippen molar-refractivity contribution >= 4 is 21.2 Å². The van der Waals surface area contributed by atoms with Gasteiger partial charge in [0.2, 0.25) is 9.84 Å². The largest absolute Gasteiger partial charge is 0.381 e. The van der Waals surface area contributed by atoms with Crippen LogP contribution in [-0.2, 0) is 14.6 Å². The third-order valence-electron chi connectivity index (χ3n) is 4.05. The van der Waals surface area contributed by atoms with E-state index in [1.165, 1.54) is 0 Å². The number of benzene rings is 1. The molecule has 1 aliphatic rings. The van der Waals surface area contributed by atoms with E-state index in [2.05, 4.69) is 5.32 Å². The predicted octanol–water partition coefficient (Wildman–Crippen LogP) is 2.96. The van der Waals surface area contributed by atoms with Crippen molar-refractivity contribution in [3.8, 4) is 0 Å². The molecule has 1 aromatic rings. The number of sulfone groups is 1. The molecule has 0 amide bonds. The Hall–Kier alpha value is -1.81. The minimum absolute atomic E-state index is 0.0498. The smallest absolute Gasteiger partial charge is 0.341 e. The number of alkyl halides is 2. The first-order valence-electron chi connectivity index (χ1n) is 7.35. The number of nitrogens with zero attached hydrogens (tertiary/aromatic N) is 1. The SMILES string of the molecule is COC1CCCC(Nc2ccc(S(=O)(=O)C(F)F)cc2[N+](=O)[O-])C1. The predicted molar refractivity (Wildman–Crippen MR) is 83.0 cm³/mol. The zero-order valence-electron chi connectivity index (χ0n) is 12.9. The van der Waals surface area contributed by atoms with Gasteiger partial charge in [-0.05, 0) is 37.8 Å². The summed E-state index contributed by atoms with van der Waals surface area (Å²) < 4.78 is 53.4. The number of nitrogens with one attached hydrogen (secondary N) is 1. The van der Waals surface area contributed by atoms with Gasteiger partial charge >= 0.3 is 5.76 Å². The molecule has 1 aromatic carbocycles. The second kappa shape index (κ2) is 7.39. The second-order valence-electron chi connectivity index (χ2n) is 5.61. The molecular formula is C14H18F2N2O5S. The van der Waals surface area contributed by atoms with E-state index in [1.807, 2.05) is 0 Å². The van der Waals surface area contributed by atoms with Gasteiger partial charge < -0.3 is 10.1 Å². The van der Waals surface area contributed by atoms with Crippen LogP contribution >= 0.6 is 0 Å². The maximum atomic E-state index is 12.6. The zero-order chi connectivity index (χ0) is 17.9. The third-order valence-corrected chi connectivity index (χ3v) is 5.43. The summed E-state index contributed by atoms with van der Waals surface area (Å²) in [5.41, 5.74) is -0.439. The van der Waals surface area contributed by atoms with Crippen LogP contribution in [0.15, 0.2) is 23.1 Å². The fourth-order valence-corrected chi connectivity index (χ4v) is 3.51. The van der Waals surface area contributed by atoms with Crippen molar-refractivity contribution in [1.29, 1.82) is 0 Å². The highest BCUT2D eigenvalue weighted by Gasteiger charge is 2.30. The summed E-state index contributed by atoms with van der Waals surface area (Å²) in [7, 11) is -3.28. The Kier molecular flexibility index (Phi) is 5.70. The molecular weight excluding hydrogens is 346 g/mol. The number of anilines is 1. The van der Waals surface area contributed by atoms with Gasteiger partial charge in [-0.1, -0.05) is 0 Å². The minimum atomic E-state index is -4.88. The highest BCUT2D eigenvalue weighted by Crippen LogP contribution is 2.32. The van der Waals surface area contributed by atoms with E-state index in [0.29, 0.717) is 12.5 Å². The van der Waals surface area contributed by atoms with Crippen LogP contribution in [0.25, 0.3) is 0 Å². The monoisotopic (exact) mass is 364 g/mol. The summed E-state index contributed by atoms with van der Waals surface area (Å²) in [6, 6.07) is 2.71. The van der Waals surface area contributed by atoms with E-state index < -0.39 is 31.1 Å². The number of hydrogen-bond donors (Lipinski definition) is 1. The highest BCUT2D eigenvalue weighted by atomic mass is 32.2. The summed E-state index contributed by atoms with van der Waals surface area (Å²) in [4.78, 5) is 9.63. The van der Waals surface area contributed by atoms with Gasteiger partial charge in [0.1, 0.15) is 5.69 Å². The lowest BCUT2D eigenvalue weighted by molar-refractivity contribution is -0.384. The Morgan fingerprint density at radius 3 is 2.67 bits per heavy atom. The van der Waals surface area contributed by atoms with E-state index in [4.69, 9.17) is 4.74 Å². The molecule has 2 rings (SSSR count). The van der Waals surface area contributed by atoms with Crippen molar-refractivity contribution in [3.05, 3.63) is 28.3 Å². The van der Waals surface area contributed by atoms with Crippen LogP contribution in [0.1, 0.15) is 25.7 Å². The molecule has 0 heterocycles. The Bertz CT molecular complexity index is 711. The van der Waals surface area contributed by atoms with Crippen LogP contribution in [-0.4, -0.2) is 38.4 Å². The normalized spacial score (nSPS) is 21.7. The molecule has 1 aliphatic carbocycles. The van der Waals surface area contributed by atoms with Crippen molar-refractivity contribution < 1.29 is 26.9 Å². The maximum absolute atomic E-state index is 12.6. The molecule has 0 aliphatic heterocycles. The lowest BCUT2D eigenvalue weighted by Gasteiger charge is -2.29. The fourth-order valence-electron chi connectivity index (χ4n) is 2.77. The number of nitro benzene ring substituents is 1. The van der Waals surface area contributed by atoms with Gasteiger partial charge in [0.15, 0.2) is 0 Å². The number of hydrogen-bond acceptors (Lipinski definition) is 6. The van der Waals surface area contributed by atoms with Crippen LogP contribution in [0, 0.1) is 10.1 Å². The number of methoxy groups -OCH3 is 1. The molecule has 24 heavy (non-hydrogen) atoms. The van der Waals surface area contributed by atoms with E-state index in [-0.39, 0.29) is 17.8 Å². The Balaban J connectivity index is 2.29. The maximum Gasteiger partial charge on any atom is 0.341 e. The van der Waals surface area contributed by atoms with Crippen LogP contribution < -0.4 is 5.32 Å². The van der Waals surface area contributed by atoms with Gasteiger partial charge in [0, 0.05) is 19.2 Å². The molecule has 1 saturated carbocycles. The number of rotatable bonds is 6. The van der Waals surface area contributed by atoms with E-state index >= 15 is 0 Å². The molecule has 1 N–H and O–H groups in total. The standard InChI is InChI=1S/C14H18F2N2O5S/c1-23-10-4-2-3-9(7-10)17-12-6-5-11(8-13(12)18(19)20)24(21,22)14(15)16/h5-6,8-10,14,17H,2-4,7H2,1H3. The third kappa shape index (κ3) is 3.99. The molecule has 134 valence electrons. The summed E-state index contributed by atoms with van der Waals surface area (Å²) in [6.45, 7) is 0. The second-order valence-corrected chi connectivity index (χ2v) is 7.53. The van der Waals surface area contributed by atoms with Crippen LogP contribution in [0.3, 0.4) is 0 Å². The first-order valence-corrected chi connectivity index (χ1v) is 8.90. The molecule has 0 bridgehead atoms. The lowest BCUT2D eigenvalue weighted by atomic mass is 9.92. The van der Waals surface area contributed by atoms with Gasteiger partial charge in [-0.2, -0.15) is 8.78 Å². The average Bonchev–Trinajstić information content (AvgIpc) is 2.54. The first-order chi connectivity index (χ1) is 11.3. The van der Waals surface area contributed by atoms with Crippen molar-refractivity contribution in [1.82, 2.24) is 0 Å². The molecule has 1 fully saturated rings. The fraction of sp³-hybridized carbons (Fsp3) is 0.571. The highest BCUT2D eigenvalue weighted by molar-refractivity contribution is 7.91. The average molecular weight is 364 g/mol. The van der Waals surface area contributed by atoms with E-state index in [0.717, 1.165) is 31.4 Å². The van der Waals surface area contributed by atoms with Crippen molar-refractivity contribution in [3.63, 3.8) is 0 Å².